The summed E-state index contributed by atoms with van der Waals surface area (Å²) in [5.41, 5.74) is 6.05. The van der Waals surface area contributed by atoms with Crippen molar-refractivity contribution in [1.29, 1.82) is 0 Å². The maximum atomic E-state index is 12.9. The van der Waals surface area contributed by atoms with Crippen LogP contribution in [0.2, 0.25) is 0 Å². The Kier molecular flexibility index (Phi) is 3.65. The van der Waals surface area contributed by atoms with E-state index in [9.17, 15) is 9.18 Å². The number of rotatable bonds is 4. The number of carboxylic acid groups (broad SMARTS) is 1. The third-order valence-corrected chi connectivity index (χ3v) is 2.85. The Morgan fingerprint density at radius 3 is 2.62 bits per heavy atom. The molecule has 0 spiro atoms. The number of carbonyl (C=O) groups is 1. The van der Waals surface area contributed by atoms with Gasteiger partial charge >= 0.3 is 5.97 Å². The summed E-state index contributed by atoms with van der Waals surface area (Å²) in [5, 5.41) is 9.09. The topological polar surface area (TPSA) is 63.3 Å². The van der Waals surface area contributed by atoms with Crippen LogP contribution in [0.3, 0.4) is 0 Å². The van der Waals surface area contributed by atoms with Gasteiger partial charge in [0.25, 0.3) is 0 Å². The van der Waals surface area contributed by atoms with Crippen molar-refractivity contribution >= 4 is 5.97 Å². The molecule has 3 nitrogen and oxygen atoms in total. The van der Waals surface area contributed by atoms with Gasteiger partial charge in [-0.05, 0) is 43.5 Å². The zero-order chi connectivity index (χ0) is 12.3. The van der Waals surface area contributed by atoms with Crippen LogP contribution in [0.5, 0.6) is 0 Å². The smallest absolute Gasteiger partial charge is 0.310 e. The monoisotopic (exact) mass is 225 g/mol. The lowest BCUT2D eigenvalue weighted by atomic mass is 9.82. The van der Waals surface area contributed by atoms with Crippen LogP contribution < -0.4 is 5.73 Å². The quantitative estimate of drug-likeness (QED) is 0.820. The molecule has 1 unspecified atom stereocenters. The maximum absolute atomic E-state index is 12.9. The van der Waals surface area contributed by atoms with E-state index in [1.54, 1.807) is 19.9 Å². The Hall–Kier alpha value is -1.42. The molecule has 3 N–H and O–H groups in total. The molecule has 0 heterocycles. The number of halogens is 1. The minimum Gasteiger partial charge on any atom is -0.481 e. The van der Waals surface area contributed by atoms with E-state index in [0.29, 0.717) is 6.42 Å². The van der Waals surface area contributed by atoms with Crippen molar-refractivity contribution in [3.05, 3.63) is 35.1 Å². The molecule has 0 fully saturated rings. The molecule has 0 aliphatic heterocycles. The van der Waals surface area contributed by atoms with Gasteiger partial charge in [-0.3, -0.25) is 4.79 Å². The van der Waals surface area contributed by atoms with Crippen LogP contribution in [-0.4, -0.2) is 17.6 Å². The number of hydrogen-bond donors (Lipinski definition) is 2. The Morgan fingerprint density at radius 1 is 1.56 bits per heavy atom. The molecule has 4 heteroatoms. The molecule has 1 rings (SSSR count). The van der Waals surface area contributed by atoms with Gasteiger partial charge in [-0.2, -0.15) is 0 Å². The number of benzene rings is 1. The van der Waals surface area contributed by atoms with Crippen molar-refractivity contribution in [3.8, 4) is 0 Å². The summed E-state index contributed by atoms with van der Waals surface area (Å²) < 4.78 is 12.9. The first kappa shape index (κ1) is 12.6. The minimum absolute atomic E-state index is 0.0547. The number of aliphatic carboxylic acids is 1. The summed E-state index contributed by atoms with van der Waals surface area (Å²) in [7, 11) is 0. The van der Waals surface area contributed by atoms with Crippen LogP contribution in [-0.2, 0) is 11.2 Å². The third-order valence-electron chi connectivity index (χ3n) is 2.85. The second kappa shape index (κ2) is 4.61. The summed E-state index contributed by atoms with van der Waals surface area (Å²) in [5.74, 6) is -1.25. The highest BCUT2D eigenvalue weighted by Crippen LogP contribution is 2.24. The van der Waals surface area contributed by atoms with E-state index in [4.69, 9.17) is 10.8 Å². The van der Waals surface area contributed by atoms with Crippen LogP contribution in [0.1, 0.15) is 18.1 Å². The Labute approximate surface area is 94.1 Å². The average Bonchev–Trinajstić information content (AvgIpc) is 2.22. The normalized spacial score (nSPS) is 14.5. The van der Waals surface area contributed by atoms with Gasteiger partial charge in [0.1, 0.15) is 5.82 Å². The molecular weight excluding hydrogens is 209 g/mol. The summed E-state index contributed by atoms with van der Waals surface area (Å²) in [6.07, 6.45) is 0.310. The van der Waals surface area contributed by atoms with Crippen LogP contribution in [0, 0.1) is 18.2 Å². The molecule has 0 saturated carbocycles. The minimum atomic E-state index is -0.997. The van der Waals surface area contributed by atoms with E-state index in [-0.39, 0.29) is 12.4 Å². The Balaban J connectivity index is 2.99. The number of hydrogen-bond acceptors (Lipinski definition) is 2. The molecule has 0 radical (unpaired) electrons. The van der Waals surface area contributed by atoms with E-state index in [1.165, 1.54) is 12.1 Å². The zero-order valence-corrected chi connectivity index (χ0v) is 9.46. The predicted molar refractivity (Wildman–Crippen MR) is 59.6 cm³/mol. The summed E-state index contributed by atoms with van der Waals surface area (Å²) in [6, 6.07) is 4.34. The first-order valence-electron chi connectivity index (χ1n) is 5.07. The summed E-state index contributed by atoms with van der Waals surface area (Å²) in [6.45, 7) is 3.41. The van der Waals surface area contributed by atoms with Crippen molar-refractivity contribution < 1.29 is 14.3 Å². The highest BCUT2D eigenvalue weighted by atomic mass is 19.1. The van der Waals surface area contributed by atoms with E-state index in [1.807, 2.05) is 0 Å². The molecule has 16 heavy (non-hydrogen) atoms. The highest BCUT2D eigenvalue weighted by molar-refractivity contribution is 5.75. The summed E-state index contributed by atoms with van der Waals surface area (Å²) in [4.78, 5) is 11.1. The molecule has 0 bridgehead atoms. The van der Waals surface area contributed by atoms with Crippen LogP contribution in [0.15, 0.2) is 18.2 Å². The zero-order valence-electron chi connectivity index (χ0n) is 9.46. The molecular formula is C12H16FNO2. The number of nitrogens with two attached hydrogens (primary N) is 1. The van der Waals surface area contributed by atoms with E-state index in [0.717, 1.165) is 11.1 Å². The lowest BCUT2D eigenvalue weighted by molar-refractivity contribution is -0.147. The van der Waals surface area contributed by atoms with Gasteiger partial charge < -0.3 is 10.8 Å². The molecule has 0 saturated heterocycles. The Bertz CT molecular complexity index is 406. The fraction of sp³-hybridized carbons (Fsp3) is 0.417. The maximum Gasteiger partial charge on any atom is 0.310 e. The third kappa shape index (κ3) is 2.58. The van der Waals surface area contributed by atoms with Crippen molar-refractivity contribution in [2.24, 2.45) is 11.1 Å². The lowest BCUT2D eigenvalue weighted by Gasteiger charge is -2.23. The Morgan fingerprint density at radius 2 is 2.19 bits per heavy atom. The molecule has 0 aliphatic carbocycles. The average molecular weight is 225 g/mol. The van der Waals surface area contributed by atoms with Gasteiger partial charge in [0.15, 0.2) is 0 Å². The first-order valence-corrected chi connectivity index (χ1v) is 5.07. The van der Waals surface area contributed by atoms with E-state index in [2.05, 4.69) is 0 Å². The fourth-order valence-electron chi connectivity index (χ4n) is 1.51. The van der Waals surface area contributed by atoms with Crippen molar-refractivity contribution in [2.45, 2.75) is 20.3 Å². The standard InChI is InChI=1S/C12H16FNO2/c1-8-5-10(13)4-3-9(8)6-12(2,7-14)11(15)16/h3-5H,6-7,14H2,1-2H3,(H,15,16). The van der Waals surface area contributed by atoms with Gasteiger partial charge in [-0.15, -0.1) is 0 Å². The van der Waals surface area contributed by atoms with E-state index >= 15 is 0 Å². The second-order valence-corrected chi connectivity index (χ2v) is 4.32. The number of aryl methyl sites for hydroxylation is 1. The van der Waals surface area contributed by atoms with Crippen molar-refractivity contribution in [2.75, 3.05) is 6.54 Å². The SMILES string of the molecule is Cc1cc(F)ccc1CC(C)(CN)C(=O)O. The van der Waals surface area contributed by atoms with Crippen LogP contribution in [0.4, 0.5) is 4.39 Å². The molecule has 0 amide bonds. The van der Waals surface area contributed by atoms with E-state index < -0.39 is 11.4 Å². The molecule has 0 aliphatic rings. The van der Waals surface area contributed by atoms with Crippen LogP contribution in [0.25, 0.3) is 0 Å². The van der Waals surface area contributed by atoms with Crippen molar-refractivity contribution in [1.82, 2.24) is 0 Å². The predicted octanol–water partition coefficient (Wildman–Crippen LogP) is 1.73. The van der Waals surface area contributed by atoms with Crippen molar-refractivity contribution in [3.63, 3.8) is 0 Å². The van der Waals surface area contributed by atoms with Gasteiger partial charge in [-0.1, -0.05) is 6.07 Å². The van der Waals surface area contributed by atoms with Gasteiger partial charge in [0, 0.05) is 6.54 Å². The molecule has 88 valence electrons. The first-order chi connectivity index (χ1) is 7.39. The lowest BCUT2D eigenvalue weighted by Crippen LogP contribution is -2.37. The summed E-state index contributed by atoms with van der Waals surface area (Å²) >= 11 is 0. The fourth-order valence-corrected chi connectivity index (χ4v) is 1.51. The van der Waals surface area contributed by atoms with Gasteiger partial charge in [0.05, 0.1) is 5.41 Å². The van der Waals surface area contributed by atoms with Gasteiger partial charge in [-0.25, -0.2) is 4.39 Å². The second-order valence-electron chi connectivity index (χ2n) is 4.32. The molecule has 1 aromatic rings. The van der Waals surface area contributed by atoms with Crippen LogP contribution >= 0.6 is 0 Å². The molecule has 1 aromatic carbocycles. The van der Waals surface area contributed by atoms with Gasteiger partial charge in [0.2, 0.25) is 0 Å². The number of carboxylic acids is 1. The molecule has 0 aromatic heterocycles. The molecule has 1 atom stereocenters. The largest absolute Gasteiger partial charge is 0.481 e. The highest BCUT2D eigenvalue weighted by Gasteiger charge is 2.32.